The molecule has 1 heterocycles. The average molecular weight is 475 g/mol. The second-order valence-corrected chi connectivity index (χ2v) is 9.96. The Balaban J connectivity index is 1.66. The smallest absolute Gasteiger partial charge is 0.342 e. The Bertz CT molecular complexity index is 1070. The molecule has 3 rings (SSSR count). The molecule has 1 saturated heterocycles. The summed E-state index contributed by atoms with van der Waals surface area (Å²) in [7, 11) is -2.37. The first-order valence-corrected chi connectivity index (χ1v) is 12.4. The second-order valence-electron chi connectivity index (χ2n) is 8.02. The summed E-state index contributed by atoms with van der Waals surface area (Å²) < 4.78 is 38.0. The number of nitrogens with zero attached hydrogens (tertiary/aromatic N) is 1. The fourth-order valence-corrected chi connectivity index (χ4v) is 5.15. The van der Waals surface area contributed by atoms with E-state index in [0.717, 1.165) is 36.8 Å². The van der Waals surface area contributed by atoms with Gasteiger partial charge in [0.05, 0.1) is 12.0 Å². The monoisotopic (exact) mass is 474 g/mol. The van der Waals surface area contributed by atoms with E-state index >= 15 is 0 Å². The molecule has 0 bridgehead atoms. The number of ether oxygens (including phenoxy) is 2. The van der Waals surface area contributed by atoms with Crippen LogP contribution in [-0.4, -0.2) is 51.4 Å². The number of benzene rings is 2. The van der Waals surface area contributed by atoms with Crippen LogP contribution in [0, 0.1) is 6.92 Å². The van der Waals surface area contributed by atoms with Gasteiger partial charge in [0, 0.05) is 19.6 Å². The number of sulfonamides is 1. The minimum absolute atomic E-state index is 0.000901. The SMILES string of the molecule is COc1ccc(S(=O)(=O)N2CCCCCC2)cc1C(=O)OCC(=O)NCc1ccc(C)cc1. The molecule has 0 aliphatic carbocycles. The van der Waals surface area contributed by atoms with Crippen molar-refractivity contribution in [3.8, 4) is 5.75 Å². The van der Waals surface area contributed by atoms with E-state index in [9.17, 15) is 18.0 Å². The maximum absolute atomic E-state index is 13.1. The minimum Gasteiger partial charge on any atom is -0.496 e. The third-order valence-electron chi connectivity index (χ3n) is 5.54. The molecule has 8 nitrogen and oxygen atoms in total. The molecule has 2 aromatic rings. The van der Waals surface area contributed by atoms with E-state index in [1.54, 1.807) is 0 Å². The number of nitrogens with one attached hydrogen (secondary N) is 1. The molecule has 0 unspecified atom stereocenters. The van der Waals surface area contributed by atoms with Crippen LogP contribution in [-0.2, 0) is 26.1 Å². The quantitative estimate of drug-likeness (QED) is 0.590. The van der Waals surface area contributed by atoms with E-state index in [1.165, 1.54) is 29.6 Å². The molecular weight excluding hydrogens is 444 g/mol. The summed E-state index contributed by atoms with van der Waals surface area (Å²) in [6.07, 6.45) is 3.61. The van der Waals surface area contributed by atoms with Gasteiger partial charge in [0.25, 0.3) is 5.91 Å². The lowest BCUT2D eigenvalue weighted by Crippen LogP contribution is -2.32. The third kappa shape index (κ3) is 6.55. The molecule has 0 atom stereocenters. The van der Waals surface area contributed by atoms with Gasteiger partial charge in [-0.2, -0.15) is 4.31 Å². The highest BCUT2D eigenvalue weighted by atomic mass is 32.2. The number of esters is 1. The summed E-state index contributed by atoms with van der Waals surface area (Å²) in [5.74, 6) is -1.11. The number of hydrogen-bond donors (Lipinski definition) is 1. The first-order chi connectivity index (χ1) is 15.8. The van der Waals surface area contributed by atoms with Crippen molar-refractivity contribution in [1.29, 1.82) is 0 Å². The Morgan fingerprint density at radius 1 is 1.00 bits per heavy atom. The lowest BCUT2D eigenvalue weighted by Gasteiger charge is -2.20. The van der Waals surface area contributed by atoms with E-state index in [0.29, 0.717) is 19.6 Å². The lowest BCUT2D eigenvalue weighted by molar-refractivity contribution is -0.124. The zero-order valence-electron chi connectivity index (χ0n) is 19.0. The minimum atomic E-state index is -3.75. The van der Waals surface area contributed by atoms with Crippen LogP contribution < -0.4 is 10.1 Å². The van der Waals surface area contributed by atoms with Crippen LogP contribution in [0.3, 0.4) is 0 Å². The van der Waals surface area contributed by atoms with Crippen molar-refractivity contribution in [2.45, 2.75) is 44.0 Å². The van der Waals surface area contributed by atoms with Crippen molar-refractivity contribution >= 4 is 21.9 Å². The fraction of sp³-hybridized carbons (Fsp3) is 0.417. The maximum atomic E-state index is 13.1. The molecule has 1 aliphatic rings. The van der Waals surface area contributed by atoms with Crippen molar-refractivity contribution in [2.24, 2.45) is 0 Å². The van der Waals surface area contributed by atoms with Crippen molar-refractivity contribution in [1.82, 2.24) is 9.62 Å². The molecule has 1 fully saturated rings. The van der Waals surface area contributed by atoms with Crippen LogP contribution in [0.25, 0.3) is 0 Å². The van der Waals surface area contributed by atoms with Crippen molar-refractivity contribution in [2.75, 3.05) is 26.8 Å². The number of aryl methyl sites for hydroxylation is 1. The Hall–Kier alpha value is -2.91. The first-order valence-electron chi connectivity index (χ1n) is 11.0. The highest BCUT2D eigenvalue weighted by Crippen LogP contribution is 2.26. The molecule has 2 aromatic carbocycles. The molecule has 1 aliphatic heterocycles. The summed E-state index contributed by atoms with van der Waals surface area (Å²) in [5.41, 5.74) is 2.00. The average Bonchev–Trinajstić information content (AvgIpc) is 3.12. The normalized spacial score (nSPS) is 14.8. The third-order valence-corrected chi connectivity index (χ3v) is 7.43. The van der Waals surface area contributed by atoms with Crippen LogP contribution in [0.4, 0.5) is 0 Å². The topological polar surface area (TPSA) is 102 Å². The lowest BCUT2D eigenvalue weighted by atomic mass is 10.1. The summed E-state index contributed by atoms with van der Waals surface area (Å²) >= 11 is 0. The Morgan fingerprint density at radius 2 is 1.67 bits per heavy atom. The highest BCUT2D eigenvalue weighted by molar-refractivity contribution is 7.89. The van der Waals surface area contributed by atoms with Crippen LogP contribution in [0.5, 0.6) is 5.75 Å². The molecular formula is C24H30N2O6S. The van der Waals surface area contributed by atoms with Gasteiger partial charge in [0.15, 0.2) is 6.61 Å². The Kier molecular flexibility index (Phi) is 8.46. The van der Waals surface area contributed by atoms with Crippen LogP contribution in [0.2, 0.25) is 0 Å². The summed E-state index contributed by atoms with van der Waals surface area (Å²) in [6, 6.07) is 11.8. The van der Waals surface area contributed by atoms with E-state index < -0.39 is 28.5 Å². The van der Waals surface area contributed by atoms with Gasteiger partial charge in [0.2, 0.25) is 10.0 Å². The largest absolute Gasteiger partial charge is 0.496 e. The van der Waals surface area contributed by atoms with E-state index in [2.05, 4.69) is 5.32 Å². The van der Waals surface area contributed by atoms with Gasteiger partial charge in [-0.05, 0) is 43.5 Å². The van der Waals surface area contributed by atoms with Gasteiger partial charge < -0.3 is 14.8 Å². The number of amides is 1. The first kappa shape index (κ1) is 24.7. The van der Waals surface area contributed by atoms with Crippen molar-refractivity contribution < 1.29 is 27.5 Å². The molecule has 0 saturated carbocycles. The van der Waals surface area contributed by atoms with E-state index in [-0.39, 0.29) is 16.2 Å². The Labute approximate surface area is 194 Å². The second kappa shape index (κ2) is 11.3. The summed E-state index contributed by atoms with van der Waals surface area (Å²) in [4.78, 5) is 24.8. The molecule has 0 radical (unpaired) electrons. The molecule has 0 aromatic heterocycles. The molecule has 178 valence electrons. The summed E-state index contributed by atoms with van der Waals surface area (Å²) in [5, 5.41) is 2.69. The van der Waals surface area contributed by atoms with Gasteiger partial charge in [-0.1, -0.05) is 42.7 Å². The van der Waals surface area contributed by atoms with Crippen LogP contribution >= 0.6 is 0 Å². The molecule has 9 heteroatoms. The Morgan fingerprint density at radius 3 is 2.30 bits per heavy atom. The number of methoxy groups -OCH3 is 1. The van der Waals surface area contributed by atoms with Gasteiger partial charge >= 0.3 is 5.97 Å². The van der Waals surface area contributed by atoms with Crippen LogP contribution in [0.1, 0.15) is 47.2 Å². The van der Waals surface area contributed by atoms with Crippen molar-refractivity contribution in [3.05, 3.63) is 59.2 Å². The number of rotatable bonds is 8. The van der Waals surface area contributed by atoms with Gasteiger partial charge in [0.1, 0.15) is 11.3 Å². The predicted octanol–water partition coefficient (Wildman–Crippen LogP) is 3.04. The highest BCUT2D eigenvalue weighted by Gasteiger charge is 2.27. The zero-order valence-corrected chi connectivity index (χ0v) is 19.8. The van der Waals surface area contributed by atoms with Gasteiger partial charge in [-0.25, -0.2) is 13.2 Å². The maximum Gasteiger partial charge on any atom is 0.342 e. The molecule has 1 amide bonds. The summed E-state index contributed by atoms with van der Waals surface area (Å²) in [6.45, 7) is 2.70. The number of carbonyl (C=O) groups is 2. The van der Waals surface area contributed by atoms with Gasteiger partial charge in [-0.3, -0.25) is 4.79 Å². The number of hydrogen-bond acceptors (Lipinski definition) is 6. The van der Waals surface area contributed by atoms with Crippen LogP contribution in [0.15, 0.2) is 47.4 Å². The molecule has 1 N–H and O–H groups in total. The van der Waals surface area contributed by atoms with Gasteiger partial charge in [-0.15, -0.1) is 0 Å². The standard InChI is InChI=1S/C24H30N2O6S/c1-18-7-9-19(10-8-18)16-25-23(27)17-32-24(28)21-15-20(11-12-22(21)31-2)33(29,30)26-13-5-3-4-6-14-26/h7-12,15H,3-6,13-14,16-17H2,1-2H3,(H,25,27). The zero-order chi connectivity index (χ0) is 23.8. The predicted molar refractivity (Wildman–Crippen MR) is 124 cm³/mol. The van der Waals surface area contributed by atoms with E-state index in [4.69, 9.17) is 9.47 Å². The molecule has 33 heavy (non-hydrogen) atoms. The van der Waals surface area contributed by atoms with E-state index in [1.807, 2.05) is 31.2 Å². The number of carbonyl (C=O) groups excluding carboxylic acids is 2. The molecule has 0 spiro atoms. The fourth-order valence-electron chi connectivity index (χ4n) is 3.60. The van der Waals surface area contributed by atoms with Crippen molar-refractivity contribution in [3.63, 3.8) is 0 Å².